The fourth-order valence-corrected chi connectivity index (χ4v) is 5.96. The number of rotatable bonds is 9. The van der Waals surface area contributed by atoms with Crippen LogP contribution in [0.2, 0.25) is 0 Å². The fourth-order valence-electron chi connectivity index (χ4n) is 5.96. The number of ether oxygens (including phenoxy) is 2. The zero-order valence-electron chi connectivity index (χ0n) is 21.5. The van der Waals surface area contributed by atoms with Crippen molar-refractivity contribution in [3.05, 3.63) is 59.3 Å². The van der Waals surface area contributed by atoms with E-state index >= 15 is 0 Å². The Balaban J connectivity index is 1.31. The molecule has 3 aliphatic rings. The van der Waals surface area contributed by atoms with Gasteiger partial charge in [0.2, 0.25) is 11.8 Å². The number of nitrogens with one attached hydrogen (secondary N) is 2. The normalized spacial score (nSPS) is 25.9. The molecule has 0 unspecified atom stereocenters. The van der Waals surface area contributed by atoms with Crippen molar-refractivity contribution in [2.75, 3.05) is 13.2 Å². The fraction of sp³-hybridized carbons (Fsp3) is 0.586. The van der Waals surface area contributed by atoms with Gasteiger partial charge in [0.25, 0.3) is 0 Å². The largest absolute Gasteiger partial charge is 0.471 e. The van der Waals surface area contributed by atoms with Crippen molar-refractivity contribution in [3.63, 3.8) is 0 Å². The molecule has 0 radical (unpaired) electrons. The van der Waals surface area contributed by atoms with Gasteiger partial charge in [0.15, 0.2) is 0 Å². The van der Waals surface area contributed by atoms with E-state index in [2.05, 4.69) is 23.6 Å². The number of hydrogen-bond acceptors (Lipinski definition) is 6. The van der Waals surface area contributed by atoms with E-state index in [1.54, 1.807) is 0 Å². The summed E-state index contributed by atoms with van der Waals surface area (Å²) in [6.45, 7) is 4.86. The molecule has 1 spiro atoms. The van der Waals surface area contributed by atoms with Gasteiger partial charge >= 0.3 is 0 Å². The number of benzene rings is 1. The summed E-state index contributed by atoms with van der Waals surface area (Å²) in [4.78, 5) is 16.6. The van der Waals surface area contributed by atoms with Crippen molar-refractivity contribution in [3.8, 4) is 5.88 Å². The van der Waals surface area contributed by atoms with Gasteiger partial charge in [-0.3, -0.25) is 4.79 Å². The Kier molecular flexibility index (Phi) is 7.33. The monoisotopic (exact) mass is 493 g/mol. The predicted molar refractivity (Wildman–Crippen MR) is 138 cm³/mol. The average Bonchev–Trinajstić information content (AvgIpc) is 3.27. The highest BCUT2D eigenvalue weighted by molar-refractivity contribution is 5.73. The topological polar surface area (TPSA) is 92.7 Å². The third-order valence-corrected chi connectivity index (χ3v) is 8.07. The molecule has 1 saturated carbocycles. The SMILES string of the molecule is CC(=O)N[C@@H](Cc1ccccc1)[C@@H](O)CN[C@H]1CC2(CCC2)Oc2ncc(C[C@@]3(C)CCCO3)cc21. The molecule has 36 heavy (non-hydrogen) atoms. The van der Waals surface area contributed by atoms with Crippen molar-refractivity contribution < 1.29 is 19.4 Å². The maximum Gasteiger partial charge on any atom is 0.218 e. The Labute approximate surface area is 214 Å². The van der Waals surface area contributed by atoms with Crippen molar-refractivity contribution in [2.45, 2.75) is 94.6 Å². The van der Waals surface area contributed by atoms with E-state index in [-0.39, 0.29) is 29.2 Å². The van der Waals surface area contributed by atoms with E-state index in [0.717, 1.165) is 61.8 Å². The quantitative estimate of drug-likeness (QED) is 0.494. The Bertz CT molecular complexity index is 1050. The van der Waals surface area contributed by atoms with Crippen molar-refractivity contribution in [2.24, 2.45) is 0 Å². The summed E-state index contributed by atoms with van der Waals surface area (Å²) in [6, 6.07) is 11.8. The lowest BCUT2D eigenvalue weighted by atomic mass is 9.73. The minimum absolute atomic E-state index is 0.0307. The third-order valence-electron chi connectivity index (χ3n) is 8.07. The van der Waals surface area contributed by atoms with Gasteiger partial charge in [0.1, 0.15) is 5.60 Å². The molecule has 2 aromatic rings. The molecular formula is C29H39N3O4. The summed E-state index contributed by atoms with van der Waals surface area (Å²) in [5.74, 6) is 0.563. The number of pyridine rings is 1. The summed E-state index contributed by atoms with van der Waals surface area (Å²) in [7, 11) is 0. The Hall–Kier alpha value is -2.48. The molecule has 4 atom stereocenters. The number of carbonyl (C=O) groups is 1. The Morgan fingerprint density at radius 2 is 2.00 bits per heavy atom. The first kappa shape index (κ1) is 25.2. The maximum absolute atomic E-state index is 11.9. The van der Waals surface area contributed by atoms with Crippen LogP contribution in [0.25, 0.3) is 0 Å². The second-order valence-corrected chi connectivity index (χ2v) is 11.2. The molecule has 1 amide bonds. The van der Waals surface area contributed by atoms with Gasteiger partial charge in [-0.05, 0) is 62.6 Å². The van der Waals surface area contributed by atoms with Crippen LogP contribution in [0.1, 0.15) is 75.1 Å². The van der Waals surface area contributed by atoms with Gasteiger partial charge in [0, 0.05) is 50.7 Å². The van der Waals surface area contributed by atoms with E-state index < -0.39 is 6.10 Å². The molecule has 3 heterocycles. The molecule has 2 aliphatic heterocycles. The highest BCUT2D eigenvalue weighted by Gasteiger charge is 2.46. The minimum Gasteiger partial charge on any atom is -0.471 e. The zero-order chi connectivity index (χ0) is 25.2. The van der Waals surface area contributed by atoms with Crippen LogP contribution >= 0.6 is 0 Å². The summed E-state index contributed by atoms with van der Waals surface area (Å²) in [6.07, 6.45) is 8.84. The number of aliphatic hydroxyl groups is 1. The van der Waals surface area contributed by atoms with Crippen LogP contribution in [0.5, 0.6) is 5.88 Å². The van der Waals surface area contributed by atoms with Crippen LogP contribution in [0.3, 0.4) is 0 Å². The van der Waals surface area contributed by atoms with Gasteiger partial charge < -0.3 is 25.2 Å². The number of nitrogens with zero attached hydrogens (tertiary/aromatic N) is 1. The standard InChI is InChI=1S/C29H39N3O4/c1-20(33)32-24(15-21-8-4-3-5-9-21)26(34)19-30-25-17-29(11-6-12-29)36-27-23(25)14-22(18-31-27)16-28(2)10-7-13-35-28/h3-5,8-9,14,18,24-26,30,34H,6-7,10-13,15-17,19H2,1-2H3,(H,32,33)/t24-,25-,26-,28+/m0/s1. The first-order chi connectivity index (χ1) is 17.3. The predicted octanol–water partition coefficient (Wildman–Crippen LogP) is 3.64. The Morgan fingerprint density at radius 1 is 1.19 bits per heavy atom. The first-order valence-electron chi connectivity index (χ1n) is 13.4. The molecule has 5 rings (SSSR count). The summed E-state index contributed by atoms with van der Waals surface area (Å²) in [5, 5.41) is 17.7. The number of hydrogen-bond donors (Lipinski definition) is 3. The van der Waals surface area contributed by atoms with Gasteiger partial charge in [0.05, 0.1) is 17.7 Å². The summed E-state index contributed by atoms with van der Waals surface area (Å²) >= 11 is 0. The summed E-state index contributed by atoms with van der Waals surface area (Å²) < 4.78 is 12.4. The van der Waals surface area contributed by atoms with Crippen LogP contribution in [0, 0.1) is 0 Å². The van der Waals surface area contributed by atoms with E-state index in [4.69, 9.17) is 14.5 Å². The maximum atomic E-state index is 11.9. The van der Waals surface area contributed by atoms with Crippen LogP contribution in [0.15, 0.2) is 42.6 Å². The number of carbonyl (C=O) groups excluding carboxylic acids is 1. The minimum atomic E-state index is -0.736. The van der Waals surface area contributed by atoms with E-state index in [0.29, 0.717) is 18.8 Å². The average molecular weight is 494 g/mol. The lowest BCUT2D eigenvalue weighted by Crippen LogP contribution is -2.52. The number of fused-ring (bicyclic) bond motifs is 1. The van der Waals surface area contributed by atoms with Crippen LogP contribution in [-0.2, 0) is 22.4 Å². The van der Waals surface area contributed by atoms with Crippen LogP contribution in [-0.4, -0.2) is 52.5 Å². The van der Waals surface area contributed by atoms with Gasteiger partial charge in [-0.25, -0.2) is 4.98 Å². The van der Waals surface area contributed by atoms with E-state index in [1.165, 1.54) is 13.3 Å². The molecule has 1 aliphatic carbocycles. The second-order valence-electron chi connectivity index (χ2n) is 11.2. The molecule has 3 N–H and O–H groups in total. The van der Waals surface area contributed by atoms with E-state index in [9.17, 15) is 9.90 Å². The van der Waals surface area contributed by atoms with Crippen molar-refractivity contribution >= 4 is 5.91 Å². The molecule has 0 bridgehead atoms. The Morgan fingerprint density at radius 3 is 2.67 bits per heavy atom. The molecule has 2 fully saturated rings. The van der Waals surface area contributed by atoms with E-state index in [1.807, 2.05) is 36.5 Å². The smallest absolute Gasteiger partial charge is 0.218 e. The lowest BCUT2D eigenvalue weighted by Gasteiger charge is -2.47. The molecule has 7 nitrogen and oxygen atoms in total. The molecule has 7 heteroatoms. The highest BCUT2D eigenvalue weighted by atomic mass is 16.5. The number of aromatic nitrogens is 1. The van der Waals surface area contributed by atoms with Gasteiger partial charge in [-0.2, -0.15) is 0 Å². The van der Waals surface area contributed by atoms with Crippen LogP contribution in [0.4, 0.5) is 0 Å². The highest BCUT2D eigenvalue weighted by Crippen LogP contribution is 2.48. The lowest BCUT2D eigenvalue weighted by molar-refractivity contribution is -0.120. The molecule has 1 saturated heterocycles. The van der Waals surface area contributed by atoms with Crippen molar-refractivity contribution in [1.82, 2.24) is 15.6 Å². The number of amides is 1. The van der Waals surface area contributed by atoms with Gasteiger partial charge in [-0.1, -0.05) is 30.3 Å². The van der Waals surface area contributed by atoms with Gasteiger partial charge in [-0.15, -0.1) is 0 Å². The summed E-state index contributed by atoms with van der Waals surface area (Å²) in [5.41, 5.74) is 2.99. The first-order valence-corrected chi connectivity index (χ1v) is 13.4. The number of aliphatic hydroxyl groups excluding tert-OH is 1. The second kappa shape index (κ2) is 10.5. The zero-order valence-corrected chi connectivity index (χ0v) is 21.5. The molecular weight excluding hydrogens is 454 g/mol. The molecule has 1 aromatic heterocycles. The molecule has 194 valence electrons. The molecule has 1 aromatic carbocycles. The third kappa shape index (κ3) is 5.74. The van der Waals surface area contributed by atoms with Crippen molar-refractivity contribution in [1.29, 1.82) is 0 Å². The van der Waals surface area contributed by atoms with Crippen LogP contribution < -0.4 is 15.4 Å².